The molecule has 1 aromatic carbocycles. The lowest BCUT2D eigenvalue weighted by molar-refractivity contribution is -0.136. The topological polar surface area (TPSA) is 105 Å². The average molecular weight is 352 g/mol. The van der Waals surface area contributed by atoms with Gasteiger partial charge >= 0.3 is 11.9 Å². The van der Waals surface area contributed by atoms with Crippen molar-refractivity contribution in [2.24, 2.45) is 0 Å². The fourth-order valence-electron chi connectivity index (χ4n) is 2.34. The number of methoxy groups -OCH3 is 2. The molecule has 0 radical (unpaired) electrons. The number of hydrogen-bond acceptors (Lipinski definition) is 7. The summed E-state index contributed by atoms with van der Waals surface area (Å²) >= 11 is 0. The molecule has 0 unspecified atom stereocenters. The fraction of sp³-hybridized carbons (Fsp3) is 0.312. The van der Waals surface area contributed by atoms with Crippen LogP contribution in [0.3, 0.4) is 0 Å². The van der Waals surface area contributed by atoms with Gasteiger partial charge in [0.05, 0.1) is 44.2 Å². The van der Waals surface area contributed by atoms with Crippen molar-refractivity contribution in [3.63, 3.8) is 0 Å². The molecular formula is C16H17FN2O6. The molecular weight excluding hydrogens is 335 g/mol. The summed E-state index contributed by atoms with van der Waals surface area (Å²) in [6, 6.07) is 3.53. The zero-order valence-corrected chi connectivity index (χ0v) is 13.7. The predicted octanol–water partition coefficient (Wildman–Crippen LogP) is 0.286. The van der Waals surface area contributed by atoms with Crippen LogP contribution in [0.1, 0.15) is 10.4 Å². The molecule has 0 aliphatic carbocycles. The molecule has 25 heavy (non-hydrogen) atoms. The Morgan fingerprint density at radius 2 is 1.96 bits per heavy atom. The van der Waals surface area contributed by atoms with Gasteiger partial charge in [0.25, 0.3) is 5.91 Å². The van der Waals surface area contributed by atoms with Gasteiger partial charge in [-0.3, -0.25) is 4.79 Å². The van der Waals surface area contributed by atoms with Crippen LogP contribution in [0, 0.1) is 5.82 Å². The van der Waals surface area contributed by atoms with E-state index in [0.29, 0.717) is 0 Å². The van der Waals surface area contributed by atoms with Crippen molar-refractivity contribution in [3.8, 4) is 0 Å². The number of carbonyl (C=O) groups is 3. The van der Waals surface area contributed by atoms with Crippen LogP contribution in [0.5, 0.6) is 0 Å². The van der Waals surface area contributed by atoms with Gasteiger partial charge in [-0.25, -0.2) is 14.0 Å². The highest BCUT2D eigenvalue weighted by Crippen LogP contribution is 2.25. The molecule has 1 aromatic rings. The normalized spacial score (nSPS) is 13.9. The van der Waals surface area contributed by atoms with Gasteiger partial charge in [0.15, 0.2) is 0 Å². The third kappa shape index (κ3) is 3.77. The molecule has 0 aromatic heterocycles. The lowest BCUT2D eigenvalue weighted by Crippen LogP contribution is -2.31. The predicted molar refractivity (Wildman–Crippen MR) is 84.1 cm³/mol. The van der Waals surface area contributed by atoms with Crippen LogP contribution >= 0.6 is 0 Å². The number of anilines is 1. The Hall–Kier alpha value is -2.94. The minimum Gasteiger partial charge on any atom is -0.466 e. The molecule has 0 saturated carbocycles. The van der Waals surface area contributed by atoms with Crippen molar-refractivity contribution in [1.82, 2.24) is 4.90 Å². The maximum atomic E-state index is 14.2. The minimum absolute atomic E-state index is 0.00683. The summed E-state index contributed by atoms with van der Waals surface area (Å²) < 4.78 is 23.4. The number of ether oxygens (including phenoxy) is 2. The first-order valence-corrected chi connectivity index (χ1v) is 7.29. The lowest BCUT2D eigenvalue weighted by Gasteiger charge is -2.15. The summed E-state index contributed by atoms with van der Waals surface area (Å²) in [6.07, 6.45) is 0. The van der Waals surface area contributed by atoms with Crippen LogP contribution < -0.4 is 5.32 Å². The summed E-state index contributed by atoms with van der Waals surface area (Å²) in [7, 11) is 2.34. The van der Waals surface area contributed by atoms with Gasteiger partial charge in [0.1, 0.15) is 11.5 Å². The van der Waals surface area contributed by atoms with E-state index in [2.05, 4.69) is 14.8 Å². The molecule has 0 atom stereocenters. The van der Waals surface area contributed by atoms with Crippen molar-refractivity contribution in [3.05, 3.63) is 40.8 Å². The first-order chi connectivity index (χ1) is 11.9. The Morgan fingerprint density at radius 3 is 2.52 bits per heavy atom. The second-order valence-corrected chi connectivity index (χ2v) is 5.11. The van der Waals surface area contributed by atoms with Crippen LogP contribution in [-0.2, 0) is 19.1 Å². The standard InChI is InChI=1S/C16H17FN2O6/c1-24-15(22)9-3-4-12(11(17)7-9)18-13-10(16(23)25-2)8-19(5-6-20)14(13)21/h3-4,7,18,20H,5-6,8H2,1-2H3. The molecule has 134 valence electrons. The Balaban J connectivity index is 2.33. The van der Waals surface area contributed by atoms with Gasteiger partial charge in [-0.05, 0) is 18.2 Å². The number of halogens is 1. The number of aliphatic hydroxyl groups excluding tert-OH is 1. The van der Waals surface area contributed by atoms with E-state index in [-0.39, 0.29) is 42.2 Å². The Labute approximate surface area is 142 Å². The van der Waals surface area contributed by atoms with Crippen molar-refractivity contribution in [1.29, 1.82) is 0 Å². The number of nitrogens with zero attached hydrogens (tertiary/aromatic N) is 1. The van der Waals surface area contributed by atoms with E-state index in [4.69, 9.17) is 5.11 Å². The lowest BCUT2D eigenvalue weighted by atomic mass is 10.1. The van der Waals surface area contributed by atoms with Gasteiger partial charge in [0.2, 0.25) is 0 Å². The maximum Gasteiger partial charge on any atom is 0.337 e. The van der Waals surface area contributed by atoms with E-state index in [0.717, 1.165) is 13.2 Å². The molecule has 1 amide bonds. The molecule has 0 bridgehead atoms. The van der Waals surface area contributed by atoms with Crippen molar-refractivity contribution >= 4 is 23.5 Å². The first kappa shape index (κ1) is 18.4. The van der Waals surface area contributed by atoms with E-state index >= 15 is 0 Å². The Bertz CT molecular complexity index is 746. The van der Waals surface area contributed by atoms with Gasteiger partial charge in [0, 0.05) is 6.54 Å². The monoisotopic (exact) mass is 352 g/mol. The molecule has 1 aliphatic heterocycles. The summed E-state index contributed by atoms with van der Waals surface area (Å²) in [6.45, 7) is -0.319. The maximum absolute atomic E-state index is 14.2. The molecule has 1 aliphatic rings. The number of carbonyl (C=O) groups excluding carboxylic acids is 3. The number of aliphatic hydroxyl groups is 1. The second kappa shape index (κ2) is 7.75. The van der Waals surface area contributed by atoms with E-state index in [9.17, 15) is 18.8 Å². The third-order valence-corrected chi connectivity index (χ3v) is 3.60. The molecule has 0 spiro atoms. The van der Waals surface area contributed by atoms with Crippen LogP contribution in [0.15, 0.2) is 29.5 Å². The smallest absolute Gasteiger partial charge is 0.337 e. The summed E-state index contributed by atoms with van der Waals surface area (Å²) in [5, 5.41) is 11.6. The number of hydrogen-bond donors (Lipinski definition) is 2. The second-order valence-electron chi connectivity index (χ2n) is 5.11. The summed E-state index contributed by atoms with van der Waals surface area (Å²) in [5.41, 5.74) is -0.196. The van der Waals surface area contributed by atoms with Crippen molar-refractivity contribution < 1.29 is 33.4 Å². The number of β-amino-alcohol motifs (C(OH)–C–C–N with tert-alkyl or cyclic N) is 1. The number of benzene rings is 1. The molecule has 2 N–H and O–H groups in total. The number of esters is 2. The molecule has 0 fully saturated rings. The molecule has 1 heterocycles. The molecule has 2 rings (SSSR count). The summed E-state index contributed by atoms with van der Waals surface area (Å²) in [4.78, 5) is 36.9. The average Bonchev–Trinajstić information content (AvgIpc) is 2.92. The van der Waals surface area contributed by atoms with Crippen LogP contribution in [0.2, 0.25) is 0 Å². The van der Waals surface area contributed by atoms with E-state index in [1.54, 1.807) is 0 Å². The van der Waals surface area contributed by atoms with Crippen LogP contribution in [0.25, 0.3) is 0 Å². The van der Waals surface area contributed by atoms with E-state index in [1.165, 1.54) is 24.1 Å². The Kier molecular flexibility index (Phi) is 5.71. The van der Waals surface area contributed by atoms with Gasteiger partial charge in [-0.1, -0.05) is 0 Å². The number of amides is 1. The van der Waals surface area contributed by atoms with Gasteiger partial charge in [-0.15, -0.1) is 0 Å². The number of rotatable bonds is 6. The highest BCUT2D eigenvalue weighted by atomic mass is 19.1. The zero-order valence-electron chi connectivity index (χ0n) is 13.7. The third-order valence-electron chi connectivity index (χ3n) is 3.60. The van der Waals surface area contributed by atoms with Gasteiger partial charge in [-0.2, -0.15) is 0 Å². The van der Waals surface area contributed by atoms with Crippen molar-refractivity contribution in [2.45, 2.75) is 0 Å². The zero-order chi connectivity index (χ0) is 18.6. The fourth-order valence-corrected chi connectivity index (χ4v) is 2.34. The molecule has 0 saturated heterocycles. The van der Waals surface area contributed by atoms with Crippen LogP contribution in [-0.4, -0.2) is 61.8 Å². The SMILES string of the molecule is COC(=O)C1=C(Nc2ccc(C(=O)OC)cc2F)C(=O)N(CCO)C1. The van der Waals surface area contributed by atoms with Crippen LogP contribution in [0.4, 0.5) is 10.1 Å². The quantitative estimate of drug-likeness (QED) is 0.709. The van der Waals surface area contributed by atoms with E-state index < -0.39 is 23.7 Å². The van der Waals surface area contributed by atoms with Gasteiger partial charge < -0.3 is 24.8 Å². The largest absolute Gasteiger partial charge is 0.466 e. The van der Waals surface area contributed by atoms with E-state index in [1.807, 2.05) is 0 Å². The summed E-state index contributed by atoms with van der Waals surface area (Å²) in [5.74, 6) is -2.80. The first-order valence-electron chi connectivity index (χ1n) is 7.29. The number of nitrogens with one attached hydrogen (secondary N) is 1. The highest BCUT2D eigenvalue weighted by molar-refractivity contribution is 6.08. The van der Waals surface area contributed by atoms with Crippen molar-refractivity contribution in [2.75, 3.05) is 39.2 Å². The molecule has 9 heteroatoms. The highest BCUT2D eigenvalue weighted by Gasteiger charge is 2.34. The Morgan fingerprint density at radius 1 is 1.28 bits per heavy atom. The minimum atomic E-state index is -0.798. The molecule has 8 nitrogen and oxygen atoms in total.